The summed E-state index contributed by atoms with van der Waals surface area (Å²) in [6, 6.07) is 14.2. The number of hydrogen-bond donors (Lipinski definition) is 1. The molecule has 122 valence electrons. The monoisotopic (exact) mass is 341 g/mol. The van der Waals surface area contributed by atoms with Gasteiger partial charge in [0, 0.05) is 18.1 Å². The van der Waals surface area contributed by atoms with Gasteiger partial charge < -0.3 is 5.32 Å². The van der Waals surface area contributed by atoms with E-state index < -0.39 is 10.2 Å². The molecule has 1 heterocycles. The second-order valence-corrected chi connectivity index (χ2v) is 6.63. The normalized spacial score (nSPS) is 18.6. The molecule has 1 unspecified atom stereocenters. The van der Waals surface area contributed by atoms with Crippen molar-refractivity contribution in [2.45, 2.75) is 18.6 Å². The van der Waals surface area contributed by atoms with Gasteiger partial charge in [-0.15, -0.1) is 0 Å². The van der Waals surface area contributed by atoms with E-state index >= 15 is 0 Å². The van der Waals surface area contributed by atoms with Crippen LogP contribution in [0.4, 0.5) is 11.4 Å². The molecule has 1 aliphatic heterocycles. The number of thioether (sulfide) groups is 1. The predicted molar refractivity (Wildman–Crippen MR) is 94.6 cm³/mol. The minimum atomic E-state index is -0.422. The molecule has 1 N–H and O–H groups in total. The van der Waals surface area contributed by atoms with Gasteiger partial charge >= 0.3 is 0 Å². The fourth-order valence-electron chi connectivity index (χ4n) is 2.47. The molecule has 0 saturated carbocycles. The maximum absolute atomic E-state index is 12.1. The molecule has 24 heavy (non-hydrogen) atoms. The number of nitro benzene ring substituents is 1. The summed E-state index contributed by atoms with van der Waals surface area (Å²) in [6.07, 6.45) is 0.292. The van der Waals surface area contributed by atoms with Crippen molar-refractivity contribution in [3.63, 3.8) is 0 Å². The largest absolute Gasteiger partial charge is 0.304 e. The van der Waals surface area contributed by atoms with E-state index in [0.29, 0.717) is 17.2 Å². The summed E-state index contributed by atoms with van der Waals surface area (Å²) < 4.78 is 0. The zero-order valence-corrected chi connectivity index (χ0v) is 13.7. The molecular formula is C17H15N3O3S. The lowest BCUT2D eigenvalue weighted by Crippen LogP contribution is -2.26. The van der Waals surface area contributed by atoms with Crippen LogP contribution >= 0.6 is 11.8 Å². The fourth-order valence-corrected chi connectivity index (χ4v) is 3.48. The molecule has 7 heteroatoms. The smallest absolute Gasteiger partial charge is 0.272 e. The Labute approximate surface area is 143 Å². The molecular weight excluding hydrogens is 326 g/mol. The third kappa shape index (κ3) is 3.62. The highest BCUT2D eigenvalue weighted by molar-refractivity contribution is 8.15. The molecule has 0 radical (unpaired) electrons. The summed E-state index contributed by atoms with van der Waals surface area (Å²) >= 11 is 1.30. The number of nitrogens with zero attached hydrogens (tertiary/aromatic N) is 2. The van der Waals surface area contributed by atoms with Gasteiger partial charge in [-0.1, -0.05) is 42.1 Å². The third-order valence-corrected chi connectivity index (χ3v) is 4.68. The number of hydrogen-bond acceptors (Lipinski definition) is 5. The molecule has 3 rings (SSSR count). The zero-order valence-electron chi connectivity index (χ0n) is 12.9. The number of nitro groups is 1. The topological polar surface area (TPSA) is 84.6 Å². The Balaban J connectivity index is 1.77. The van der Waals surface area contributed by atoms with Crippen molar-refractivity contribution in [3.8, 4) is 0 Å². The maximum Gasteiger partial charge on any atom is 0.272 e. The summed E-state index contributed by atoms with van der Waals surface area (Å²) in [5, 5.41) is 13.9. The molecule has 0 bridgehead atoms. The van der Waals surface area contributed by atoms with Gasteiger partial charge in [-0.05, 0) is 24.6 Å². The lowest BCUT2D eigenvalue weighted by Gasteiger charge is -2.05. The van der Waals surface area contributed by atoms with Gasteiger partial charge in [0.05, 0.1) is 15.9 Å². The van der Waals surface area contributed by atoms with E-state index in [-0.39, 0.29) is 11.6 Å². The van der Waals surface area contributed by atoms with Crippen LogP contribution in [0.1, 0.15) is 11.1 Å². The Morgan fingerprint density at radius 3 is 2.79 bits per heavy atom. The second kappa shape index (κ2) is 6.84. The van der Waals surface area contributed by atoms with Gasteiger partial charge in [0.1, 0.15) is 0 Å². The molecule has 2 aromatic rings. The van der Waals surface area contributed by atoms with Gasteiger partial charge in [-0.2, -0.15) is 0 Å². The van der Waals surface area contributed by atoms with Gasteiger partial charge in [0.25, 0.3) is 5.69 Å². The number of benzene rings is 2. The molecule has 0 aromatic heterocycles. The average Bonchev–Trinajstić information content (AvgIpc) is 2.87. The summed E-state index contributed by atoms with van der Waals surface area (Å²) in [5.74, 6) is -0.176. The first kappa shape index (κ1) is 16.2. The number of para-hydroxylation sites is 1. The van der Waals surface area contributed by atoms with E-state index in [4.69, 9.17) is 0 Å². The quantitative estimate of drug-likeness (QED) is 0.682. The van der Waals surface area contributed by atoms with Crippen molar-refractivity contribution in [3.05, 3.63) is 69.8 Å². The van der Waals surface area contributed by atoms with Crippen LogP contribution in [0.2, 0.25) is 0 Å². The Morgan fingerprint density at radius 1 is 1.25 bits per heavy atom. The van der Waals surface area contributed by atoms with Gasteiger partial charge in [0.2, 0.25) is 5.91 Å². The van der Waals surface area contributed by atoms with Crippen molar-refractivity contribution >= 4 is 34.2 Å². The number of aliphatic imine (C=N–C) groups is 1. The molecule has 1 fully saturated rings. The first-order valence-corrected chi connectivity index (χ1v) is 8.26. The molecule has 2 aromatic carbocycles. The fraction of sp³-hybridized carbons (Fsp3) is 0.176. The molecule has 1 aliphatic rings. The first-order chi connectivity index (χ1) is 11.5. The number of carbonyl (C=O) groups is 1. The second-order valence-electron chi connectivity index (χ2n) is 5.44. The SMILES string of the molecule is Cc1cccc(N=C2NC(=O)C(Cc3ccccc3[N+](=O)[O-])S2)c1. The van der Waals surface area contributed by atoms with E-state index in [1.807, 2.05) is 31.2 Å². The van der Waals surface area contributed by atoms with E-state index in [1.54, 1.807) is 18.2 Å². The number of amidine groups is 1. The molecule has 6 nitrogen and oxygen atoms in total. The van der Waals surface area contributed by atoms with Crippen LogP contribution in [0.3, 0.4) is 0 Å². The molecule has 0 aliphatic carbocycles. The third-order valence-electron chi connectivity index (χ3n) is 3.60. The van der Waals surface area contributed by atoms with Gasteiger partial charge in [-0.25, -0.2) is 4.99 Å². The van der Waals surface area contributed by atoms with Gasteiger partial charge in [0.15, 0.2) is 5.17 Å². The van der Waals surface area contributed by atoms with Crippen LogP contribution in [0.5, 0.6) is 0 Å². The number of nitrogens with one attached hydrogen (secondary N) is 1. The first-order valence-electron chi connectivity index (χ1n) is 7.38. The molecule has 0 spiro atoms. The zero-order chi connectivity index (χ0) is 17.1. The Bertz CT molecular complexity index is 835. The van der Waals surface area contributed by atoms with Crippen LogP contribution in [0, 0.1) is 17.0 Å². The van der Waals surface area contributed by atoms with Gasteiger partial charge in [-0.3, -0.25) is 14.9 Å². The number of aryl methyl sites for hydroxylation is 1. The number of carbonyl (C=O) groups excluding carboxylic acids is 1. The van der Waals surface area contributed by atoms with Crippen LogP contribution < -0.4 is 5.32 Å². The highest BCUT2D eigenvalue weighted by atomic mass is 32.2. The lowest BCUT2D eigenvalue weighted by atomic mass is 10.1. The lowest BCUT2D eigenvalue weighted by molar-refractivity contribution is -0.385. The molecule has 1 amide bonds. The van der Waals surface area contributed by atoms with E-state index in [2.05, 4.69) is 10.3 Å². The Hall–Kier alpha value is -2.67. The Kier molecular flexibility index (Phi) is 4.61. The summed E-state index contributed by atoms with van der Waals surface area (Å²) in [5.41, 5.74) is 2.44. The van der Waals surface area contributed by atoms with Crippen LogP contribution in [-0.4, -0.2) is 21.2 Å². The van der Waals surface area contributed by atoms with Crippen LogP contribution in [0.15, 0.2) is 53.5 Å². The van der Waals surface area contributed by atoms with Crippen molar-refractivity contribution in [2.75, 3.05) is 0 Å². The number of amides is 1. The molecule has 1 atom stereocenters. The average molecular weight is 341 g/mol. The highest BCUT2D eigenvalue weighted by Gasteiger charge is 2.32. The summed E-state index contributed by atoms with van der Waals surface area (Å²) in [7, 11) is 0. The minimum Gasteiger partial charge on any atom is -0.304 e. The van der Waals surface area contributed by atoms with Crippen molar-refractivity contribution < 1.29 is 9.72 Å². The van der Waals surface area contributed by atoms with E-state index in [9.17, 15) is 14.9 Å². The maximum atomic E-state index is 12.1. The predicted octanol–water partition coefficient (Wildman–Crippen LogP) is 3.37. The Morgan fingerprint density at radius 2 is 2.04 bits per heavy atom. The van der Waals surface area contributed by atoms with Crippen molar-refractivity contribution in [1.29, 1.82) is 0 Å². The molecule has 1 saturated heterocycles. The van der Waals surface area contributed by atoms with Crippen molar-refractivity contribution in [2.24, 2.45) is 4.99 Å². The highest BCUT2D eigenvalue weighted by Crippen LogP contribution is 2.28. The van der Waals surface area contributed by atoms with Crippen LogP contribution in [-0.2, 0) is 11.2 Å². The van der Waals surface area contributed by atoms with E-state index in [0.717, 1.165) is 11.3 Å². The van der Waals surface area contributed by atoms with Crippen LogP contribution in [0.25, 0.3) is 0 Å². The summed E-state index contributed by atoms with van der Waals surface area (Å²) in [6.45, 7) is 1.97. The minimum absolute atomic E-state index is 0.0370. The van der Waals surface area contributed by atoms with Crippen molar-refractivity contribution in [1.82, 2.24) is 5.32 Å². The standard InChI is InChI=1S/C17H15N3O3S/c1-11-5-4-7-13(9-11)18-17-19-16(21)15(24-17)10-12-6-2-3-8-14(12)20(22)23/h2-9,15H,10H2,1H3,(H,18,19,21). The number of rotatable bonds is 4. The van der Waals surface area contributed by atoms with E-state index in [1.165, 1.54) is 17.8 Å². The summed E-state index contributed by atoms with van der Waals surface area (Å²) in [4.78, 5) is 27.2.